The maximum absolute atomic E-state index is 11.0. The van der Waals surface area contributed by atoms with Crippen molar-refractivity contribution in [2.75, 3.05) is 43.1 Å². The van der Waals surface area contributed by atoms with Crippen LogP contribution in [0.5, 0.6) is 0 Å². The Morgan fingerprint density at radius 2 is 1.92 bits per heavy atom. The van der Waals surface area contributed by atoms with Crippen LogP contribution in [0.25, 0.3) is 11.3 Å². The van der Waals surface area contributed by atoms with Gasteiger partial charge in [0.05, 0.1) is 28.4 Å². The van der Waals surface area contributed by atoms with Crippen LogP contribution >= 0.6 is 11.6 Å². The maximum atomic E-state index is 11.0. The minimum atomic E-state index is -0.721. The number of aliphatic hydroxyl groups excluding tert-OH is 1. The fraction of sp³-hybridized carbons (Fsp3) is 0.520. The van der Waals surface area contributed by atoms with Gasteiger partial charge < -0.3 is 30.9 Å². The maximum Gasteiger partial charge on any atom is 0.306 e. The number of aliphatic hydroxyl groups is 1. The van der Waals surface area contributed by atoms with Crippen molar-refractivity contribution in [2.24, 2.45) is 5.92 Å². The number of benzene rings is 1. The van der Waals surface area contributed by atoms with Crippen LogP contribution in [0.4, 0.5) is 17.2 Å². The molecule has 0 spiro atoms. The van der Waals surface area contributed by atoms with Crippen molar-refractivity contribution in [3.05, 3.63) is 35.4 Å². The molecule has 0 amide bonds. The lowest BCUT2D eigenvalue weighted by atomic mass is 9.80. The van der Waals surface area contributed by atoms with Crippen LogP contribution in [0.15, 0.2) is 30.3 Å². The molecule has 2 unspecified atom stereocenters. The van der Waals surface area contributed by atoms with Crippen LogP contribution in [0.1, 0.15) is 25.7 Å². The smallest absolute Gasteiger partial charge is 0.306 e. The molecule has 10 nitrogen and oxygen atoms in total. The van der Waals surface area contributed by atoms with E-state index in [0.29, 0.717) is 29.4 Å². The van der Waals surface area contributed by atoms with E-state index in [1.54, 1.807) is 4.90 Å². The second-order valence-electron chi connectivity index (χ2n) is 9.99. The first-order valence-electron chi connectivity index (χ1n) is 12.3. The van der Waals surface area contributed by atoms with Gasteiger partial charge in [-0.05, 0) is 58.0 Å². The predicted octanol–water partition coefficient (Wildman–Crippen LogP) is 3.12. The summed E-state index contributed by atoms with van der Waals surface area (Å²) >= 11 is 6.58. The van der Waals surface area contributed by atoms with Crippen molar-refractivity contribution in [1.29, 1.82) is 0 Å². The van der Waals surface area contributed by atoms with E-state index in [0.717, 1.165) is 42.9 Å². The number of nitrogens with one attached hydrogen (secondary N) is 3. The molecule has 36 heavy (non-hydrogen) atoms. The number of fused-ring (bicyclic) bond motifs is 1. The molecular formula is C25H33ClN6O4. The van der Waals surface area contributed by atoms with Crippen LogP contribution in [-0.4, -0.2) is 83.0 Å². The van der Waals surface area contributed by atoms with E-state index in [1.807, 2.05) is 49.3 Å². The van der Waals surface area contributed by atoms with Crippen LogP contribution < -0.4 is 16.0 Å². The zero-order valence-electron chi connectivity index (χ0n) is 20.4. The number of ether oxygens (including phenoxy) is 1. The molecule has 2 aromatic rings. The monoisotopic (exact) mass is 516 g/mol. The first kappa shape index (κ1) is 25.0. The summed E-state index contributed by atoms with van der Waals surface area (Å²) in [5.74, 6) is -0.271. The number of nitrogens with zero attached hydrogens (tertiary/aromatic N) is 3. The molecule has 2 atom stereocenters. The number of halogens is 1. The molecule has 3 heterocycles. The van der Waals surface area contributed by atoms with Gasteiger partial charge >= 0.3 is 5.97 Å². The van der Waals surface area contributed by atoms with E-state index in [9.17, 15) is 9.90 Å². The van der Waals surface area contributed by atoms with Gasteiger partial charge in [-0.2, -0.15) is 0 Å². The van der Waals surface area contributed by atoms with Gasteiger partial charge in [0, 0.05) is 30.4 Å². The highest BCUT2D eigenvalue weighted by Gasteiger charge is 2.34. The molecule has 0 bridgehead atoms. The molecule has 5 rings (SSSR count). The number of carboxylic acids is 1. The second-order valence-corrected chi connectivity index (χ2v) is 10.4. The number of carbonyl (C=O) groups is 1. The molecular weight excluding hydrogens is 484 g/mol. The van der Waals surface area contributed by atoms with E-state index in [-0.39, 0.29) is 18.1 Å². The summed E-state index contributed by atoms with van der Waals surface area (Å²) in [4.78, 5) is 19.6. The number of carboxylic acid groups (broad SMARTS) is 1. The molecule has 1 saturated heterocycles. The zero-order valence-corrected chi connectivity index (χ0v) is 21.2. The van der Waals surface area contributed by atoms with E-state index < -0.39 is 18.7 Å². The summed E-state index contributed by atoms with van der Waals surface area (Å²) in [7, 11) is 3.73. The van der Waals surface area contributed by atoms with Gasteiger partial charge in [-0.15, -0.1) is 0 Å². The number of hydrogen-bond donors (Lipinski definition) is 5. The first-order valence-corrected chi connectivity index (χ1v) is 12.7. The Balaban J connectivity index is 1.16. The quantitative estimate of drug-likeness (QED) is 0.334. The third kappa shape index (κ3) is 5.37. The van der Waals surface area contributed by atoms with Crippen LogP contribution in [0.2, 0.25) is 5.02 Å². The lowest BCUT2D eigenvalue weighted by Crippen LogP contribution is -2.50. The van der Waals surface area contributed by atoms with Crippen molar-refractivity contribution < 1.29 is 19.7 Å². The molecule has 1 aromatic carbocycles. The normalized spacial score (nSPS) is 25.0. The van der Waals surface area contributed by atoms with E-state index in [2.05, 4.69) is 16.0 Å². The standard InChI is InChI=1S/C25H33ClN6O4/c1-31(2)25(35)32-9-7-18(8-10-32)36-24-28-20-13-19(26)21(29-22(20)30-24)14-3-5-16(6-4-14)27-17-11-15(12-17)23(33)34/h3-6,13,15,17-18,24-25,27-28,35H,7-12H2,1-2H3,(H,29,30)(H,33,34). The van der Waals surface area contributed by atoms with Gasteiger partial charge in [-0.3, -0.25) is 14.6 Å². The Labute approximate surface area is 215 Å². The molecule has 194 valence electrons. The molecule has 2 fully saturated rings. The largest absolute Gasteiger partial charge is 0.481 e. The minimum Gasteiger partial charge on any atom is -0.481 e. The predicted molar refractivity (Wildman–Crippen MR) is 139 cm³/mol. The molecule has 1 saturated carbocycles. The lowest BCUT2D eigenvalue weighted by molar-refractivity contribution is -0.144. The average Bonchev–Trinajstić information content (AvgIpc) is 3.21. The molecule has 5 N–H and O–H groups in total. The van der Waals surface area contributed by atoms with Crippen molar-refractivity contribution >= 4 is 34.8 Å². The van der Waals surface area contributed by atoms with E-state index in [4.69, 9.17) is 26.4 Å². The number of rotatable bonds is 8. The highest BCUT2D eigenvalue weighted by atomic mass is 35.5. The molecule has 2 aliphatic heterocycles. The number of pyridine rings is 1. The summed E-state index contributed by atoms with van der Waals surface area (Å²) < 4.78 is 6.23. The summed E-state index contributed by atoms with van der Waals surface area (Å²) in [5.41, 5.74) is 3.31. The highest BCUT2D eigenvalue weighted by Crippen LogP contribution is 2.37. The minimum absolute atomic E-state index is 0.0753. The highest BCUT2D eigenvalue weighted by molar-refractivity contribution is 6.33. The third-order valence-electron chi connectivity index (χ3n) is 7.14. The van der Waals surface area contributed by atoms with Gasteiger partial charge in [0.1, 0.15) is 0 Å². The van der Waals surface area contributed by atoms with Crippen molar-refractivity contribution in [3.63, 3.8) is 0 Å². The molecule has 3 aliphatic rings. The second kappa shape index (κ2) is 10.4. The van der Waals surface area contributed by atoms with Crippen molar-refractivity contribution in [3.8, 4) is 11.3 Å². The lowest BCUT2D eigenvalue weighted by Gasteiger charge is -2.37. The van der Waals surface area contributed by atoms with Crippen molar-refractivity contribution in [2.45, 2.75) is 50.5 Å². The van der Waals surface area contributed by atoms with Gasteiger partial charge in [0.25, 0.3) is 0 Å². The van der Waals surface area contributed by atoms with Gasteiger partial charge in [0.2, 0.25) is 6.35 Å². The first-order chi connectivity index (χ1) is 17.3. The number of aromatic nitrogens is 1. The fourth-order valence-electron chi connectivity index (χ4n) is 4.94. The Bertz CT molecular complexity index is 1090. The average molecular weight is 517 g/mol. The number of likely N-dealkylation sites (tertiary alicyclic amines) is 1. The topological polar surface area (TPSA) is 122 Å². The van der Waals surface area contributed by atoms with Crippen LogP contribution in [-0.2, 0) is 9.53 Å². The fourth-order valence-corrected chi connectivity index (χ4v) is 5.20. The molecule has 1 aliphatic carbocycles. The summed E-state index contributed by atoms with van der Waals surface area (Å²) in [5, 5.41) is 29.8. The van der Waals surface area contributed by atoms with E-state index in [1.165, 1.54) is 0 Å². The van der Waals surface area contributed by atoms with Gasteiger partial charge in [-0.1, -0.05) is 23.7 Å². The van der Waals surface area contributed by atoms with Gasteiger partial charge in [-0.25, -0.2) is 4.98 Å². The van der Waals surface area contributed by atoms with E-state index >= 15 is 0 Å². The van der Waals surface area contributed by atoms with Gasteiger partial charge in [0.15, 0.2) is 12.2 Å². The summed E-state index contributed by atoms with van der Waals surface area (Å²) in [6.07, 6.45) is 2.07. The number of anilines is 3. The number of aliphatic carboxylic acids is 1. The summed E-state index contributed by atoms with van der Waals surface area (Å²) in [6, 6.07) is 9.90. The third-order valence-corrected chi connectivity index (χ3v) is 7.43. The Morgan fingerprint density at radius 3 is 2.56 bits per heavy atom. The van der Waals surface area contributed by atoms with Crippen LogP contribution in [0, 0.1) is 5.92 Å². The SMILES string of the molecule is CN(C)C(O)N1CCC(OC2Nc3cc(Cl)c(-c4ccc(NC5CC(C(=O)O)C5)cc4)nc3N2)CC1. The Morgan fingerprint density at radius 1 is 1.22 bits per heavy atom. The Kier molecular flexibility index (Phi) is 7.23. The molecule has 0 radical (unpaired) electrons. The van der Waals surface area contributed by atoms with Crippen molar-refractivity contribution in [1.82, 2.24) is 14.8 Å². The number of piperidine rings is 1. The van der Waals surface area contributed by atoms with Crippen LogP contribution in [0.3, 0.4) is 0 Å². The summed E-state index contributed by atoms with van der Waals surface area (Å²) in [6.45, 7) is 1.54. The molecule has 1 aromatic heterocycles. The molecule has 11 heteroatoms. The zero-order chi connectivity index (χ0) is 25.4. The number of hydrogen-bond acceptors (Lipinski definition) is 9. The Hall–Kier alpha value is -2.63.